The fraction of sp³-hybridized carbons (Fsp3) is 0.551. The highest BCUT2D eigenvalue weighted by molar-refractivity contribution is 5.33. The Hall–Kier alpha value is -7.64. The molecule has 11 heteroatoms. The van der Waals surface area contributed by atoms with Gasteiger partial charge in [-0.3, -0.25) is 0 Å². The van der Waals surface area contributed by atoms with E-state index in [-0.39, 0.29) is 106 Å². The molecule has 0 saturated heterocycles. The van der Waals surface area contributed by atoms with Gasteiger partial charge in [0.15, 0.2) is 31.5 Å². The zero-order valence-electron chi connectivity index (χ0n) is 68.7. The zero-order chi connectivity index (χ0) is 77.5. The first-order valence-electron chi connectivity index (χ1n) is 41.1. The van der Waals surface area contributed by atoms with Crippen LogP contribution in [0.4, 0.5) is 0 Å². The lowest BCUT2D eigenvalue weighted by Gasteiger charge is -2.26. The van der Waals surface area contributed by atoms with E-state index < -0.39 is 0 Å². The molecule has 0 spiro atoms. The van der Waals surface area contributed by atoms with Gasteiger partial charge in [0.1, 0.15) is 41.1 Å². The average molecular weight is 1640 g/mol. The van der Waals surface area contributed by atoms with Crippen LogP contribution in [0.5, 0.6) is 34.5 Å². The molecular formula is C107H176O11. The lowest BCUT2D eigenvalue weighted by atomic mass is 9.87. The molecule has 2 fully saturated rings. The van der Waals surface area contributed by atoms with Crippen LogP contribution in [0.3, 0.4) is 0 Å². The molecule has 10 rings (SSSR count). The van der Waals surface area contributed by atoms with Crippen LogP contribution in [-0.4, -0.2) is 64.0 Å². The summed E-state index contributed by atoms with van der Waals surface area (Å²) < 4.78 is 63.5. The molecule has 2 aliphatic rings. The molecule has 8 aromatic carbocycles. The van der Waals surface area contributed by atoms with Crippen LogP contribution in [0.25, 0.3) is 0 Å². The first-order chi connectivity index (χ1) is 52.4. The van der Waals surface area contributed by atoms with Gasteiger partial charge in [-0.05, 0) is 240 Å². The molecule has 2 aliphatic carbocycles. The van der Waals surface area contributed by atoms with Gasteiger partial charge >= 0.3 is 0 Å². The van der Waals surface area contributed by atoms with E-state index in [1.165, 1.54) is 117 Å². The predicted octanol–water partition coefficient (Wildman–Crippen LogP) is 32.9. The number of hydrogen-bond donors (Lipinski definition) is 0. The normalized spacial score (nSPS) is 14.4. The first-order valence-corrected chi connectivity index (χ1v) is 41.1. The highest BCUT2D eigenvalue weighted by Crippen LogP contribution is 2.30. The van der Waals surface area contributed by atoms with Crippen molar-refractivity contribution < 1.29 is 52.1 Å². The zero-order valence-corrected chi connectivity index (χ0v) is 68.7. The van der Waals surface area contributed by atoms with Gasteiger partial charge < -0.3 is 52.1 Å². The SMILES string of the molecule is C.C.C.C.C.C.C.C.C.C.CCC(C)c1ccc(OC(C)OC2CCCCC2)cc1.CCC(C)c1ccc(OC(C)OCCC2CCCCC2)cc1.CCC(C)c1ccc(OC(C)OCCOc2ccccc2)cc1.CCC(C)c1ccc(OC(C)OCCc2ccccc2)cc1.CCC(C)c1ccc(OC(C)OCc2ccccc2)cc1. The Bertz CT molecular complexity index is 3470. The van der Waals surface area contributed by atoms with Crippen molar-refractivity contribution in [3.63, 3.8) is 0 Å². The third-order valence-corrected chi connectivity index (χ3v) is 20.7. The quantitative estimate of drug-likeness (QED) is 0.0273. The predicted molar refractivity (Wildman–Crippen MR) is 514 cm³/mol. The summed E-state index contributed by atoms with van der Waals surface area (Å²) in [6.45, 7) is 35.0. The molecule has 8 aromatic rings. The maximum Gasteiger partial charge on any atom is 0.197 e. The highest BCUT2D eigenvalue weighted by Gasteiger charge is 2.19. The van der Waals surface area contributed by atoms with Crippen molar-refractivity contribution in [2.75, 3.05) is 26.4 Å². The maximum absolute atomic E-state index is 5.97. The van der Waals surface area contributed by atoms with Gasteiger partial charge in [-0.15, -0.1) is 0 Å². The molecule has 118 heavy (non-hydrogen) atoms. The second-order valence-electron chi connectivity index (χ2n) is 29.3. The Morgan fingerprint density at radius 3 is 0.873 bits per heavy atom. The molecule has 2 saturated carbocycles. The average Bonchev–Trinajstić information content (AvgIpc) is 0.897. The summed E-state index contributed by atoms with van der Waals surface area (Å²) in [5.41, 5.74) is 9.23. The second kappa shape index (κ2) is 70.1. The summed E-state index contributed by atoms with van der Waals surface area (Å²) in [6.07, 6.45) is 20.4. The second-order valence-corrected chi connectivity index (χ2v) is 29.3. The number of hydrogen-bond acceptors (Lipinski definition) is 11. The molecule has 0 aliphatic heterocycles. The van der Waals surface area contributed by atoms with Gasteiger partial charge in [-0.25, -0.2) is 0 Å². The van der Waals surface area contributed by atoms with Crippen LogP contribution in [0.1, 0.15) is 349 Å². The minimum atomic E-state index is -0.302. The molecule has 0 radical (unpaired) electrons. The van der Waals surface area contributed by atoms with E-state index in [0.717, 1.165) is 78.3 Å². The van der Waals surface area contributed by atoms with E-state index in [1.54, 1.807) is 0 Å². The minimum absolute atomic E-state index is 0. The van der Waals surface area contributed by atoms with Crippen molar-refractivity contribution >= 4 is 0 Å². The maximum atomic E-state index is 5.97. The first kappa shape index (κ1) is 119. The highest BCUT2D eigenvalue weighted by atomic mass is 16.7. The van der Waals surface area contributed by atoms with E-state index in [9.17, 15) is 0 Å². The van der Waals surface area contributed by atoms with Crippen molar-refractivity contribution in [1.29, 1.82) is 0 Å². The van der Waals surface area contributed by atoms with E-state index in [4.69, 9.17) is 52.1 Å². The standard InChI is InChI=1S/C20H26O3.C20H32O2.C20H26O2.C19H24O2.C18H28O2.10CH4/c1-4-16(2)18-10-12-20(13-11-18)23-17(3)21-14-15-22-19-8-6-5-7-9-19;2*1-4-16(2)19-10-12-20(13-11-19)22-17(3)21-15-14-18-8-6-5-7-9-18;1-4-15(2)18-10-12-19(13-11-18)21-16(3)20-14-17-8-6-5-7-9-17;1-4-14(2)16-10-12-18(13-11-16)20-15(3)19-17-8-6-5-7-9-17;;;;;;;;;;/h5-13,16-17H,4,14-15H2,1-3H3;10-13,16-18H,4-9,14-15H2,1-3H3;5-13,16-17H,4,14-15H2,1-3H3;5-13,15-16H,4,14H2,1-3H3;10-15,17H,4-9H2,1-3H3;10*1H4. The van der Waals surface area contributed by atoms with Crippen LogP contribution in [0.2, 0.25) is 0 Å². The molecule has 0 N–H and O–H groups in total. The van der Waals surface area contributed by atoms with Crippen LogP contribution >= 0.6 is 0 Å². The minimum Gasteiger partial charge on any atom is -0.491 e. The van der Waals surface area contributed by atoms with Crippen molar-refractivity contribution in [1.82, 2.24) is 0 Å². The molecule has 0 amide bonds. The number of para-hydroxylation sites is 1. The largest absolute Gasteiger partial charge is 0.491 e. The molecule has 0 heterocycles. The fourth-order valence-corrected chi connectivity index (χ4v) is 12.7. The molecule has 11 nitrogen and oxygen atoms in total. The molecular weight excluding hydrogens is 1460 g/mol. The lowest BCUT2D eigenvalue weighted by molar-refractivity contribution is -0.116. The molecule has 10 atom stereocenters. The summed E-state index contributed by atoms with van der Waals surface area (Å²) in [7, 11) is 0. The van der Waals surface area contributed by atoms with Gasteiger partial charge in [0, 0.05) is 0 Å². The number of ether oxygens (including phenoxy) is 11. The molecule has 10 unspecified atom stereocenters. The fourth-order valence-electron chi connectivity index (χ4n) is 12.7. The Morgan fingerprint density at radius 1 is 0.263 bits per heavy atom. The van der Waals surface area contributed by atoms with E-state index in [0.29, 0.717) is 62.1 Å². The summed E-state index contributed by atoms with van der Waals surface area (Å²) in [5, 5.41) is 0. The van der Waals surface area contributed by atoms with E-state index >= 15 is 0 Å². The van der Waals surface area contributed by atoms with Crippen molar-refractivity contribution in [3.05, 3.63) is 251 Å². The van der Waals surface area contributed by atoms with Crippen molar-refractivity contribution in [2.45, 2.75) is 361 Å². The van der Waals surface area contributed by atoms with E-state index in [2.05, 4.69) is 166 Å². The summed E-state index contributed by atoms with van der Waals surface area (Å²) in [6, 6.07) is 72.0. The lowest BCUT2D eigenvalue weighted by Crippen LogP contribution is -2.26. The van der Waals surface area contributed by atoms with Gasteiger partial charge in [-0.1, -0.05) is 334 Å². The van der Waals surface area contributed by atoms with Gasteiger partial charge in [0.2, 0.25) is 0 Å². The van der Waals surface area contributed by atoms with Crippen molar-refractivity contribution in [2.24, 2.45) is 5.92 Å². The van der Waals surface area contributed by atoms with Crippen LogP contribution in [0, 0.1) is 5.92 Å². The van der Waals surface area contributed by atoms with Gasteiger partial charge in [0.25, 0.3) is 0 Å². The smallest absolute Gasteiger partial charge is 0.197 e. The Kier molecular flexibility index (Phi) is 70.6. The van der Waals surface area contributed by atoms with E-state index in [1.807, 2.05) is 150 Å². The Labute approximate surface area is 727 Å². The van der Waals surface area contributed by atoms with Gasteiger partial charge in [-0.2, -0.15) is 0 Å². The number of benzene rings is 8. The third-order valence-electron chi connectivity index (χ3n) is 20.7. The molecule has 670 valence electrons. The van der Waals surface area contributed by atoms with Gasteiger partial charge in [0.05, 0.1) is 32.5 Å². The Morgan fingerprint density at radius 2 is 0.542 bits per heavy atom. The summed E-state index contributed by atoms with van der Waals surface area (Å²) in [4.78, 5) is 0. The van der Waals surface area contributed by atoms with Crippen LogP contribution < -0.4 is 28.4 Å². The van der Waals surface area contributed by atoms with Crippen LogP contribution in [-0.2, 0) is 36.7 Å². The molecule has 0 aromatic heterocycles. The topological polar surface area (TPSA) is 102 Å². The number of rotatable bonds is 38. The monoisotopic (exact) mass is 1640 g/mol. The van der Waals surface area contributed by atoms with Crippen molar-refractivity contribution in [3.8, 4) is 34.5 Å². The third kappa shape index (κ3) is 48.6. The summed E-state index contributed by atoms with van der Waals surface area (Å²) >= 11 is 0. The Balaban J connectivity index is -0.000000442. The molecule has 0 bridgehead atoms. The summed E-state index contributed by atoms with van der Waals surface area (Å²) in [5.74, 6) is 9.04. The van der Waals surface area contributed by atoms with Crippen LogP contribution in [0.15, 0.2) is 212 Å².